The van der Waals surface area contributed by atoms with E-state index in [1.54, 1.807) is 24.3 Å². The number of carboxylic acid groups (broad SMARTS) is 1. The minimum Gasteiger partial charge on any atom is -0.465 e. The molecular formula is C36H38F3N5O4. The molecule has 48 heavy (non-hydrogen) atoms. The molecule has 0 bridgehead atoms. The number of pyridine rings is 1. The summed E-state index contributed by atoms with van der Waals surface area (Å²) in [5.41, 5.74) is 2.78. The van der Waals surface area contributed by atoms with E-state index in [-0.39, 0.29) is 49.4 Å². The zero-order chi connectivity index (χ0) is 33.9. The normalized spacial score (nSPS) is 16.0. The molecule has 3 aromatic carbocycles. The molecule has 0 unspecified atom stereocenters. The number of aromatic nitrogens is 1. The number of amides is 2. The quantitative estimate of drug-likeness (QED) is 0.130. The van der Waals surface area contributed by atoms with Crippen molar-refractivity contribution in [3.05, 3.63) is 125 Å². The van der Waals surface area contributed by atoms with Crippen molar-refractivity contribution < 1.29 is 32.6 Å². The molecule has 1 fully saturated rings. The molecule has 0 aliphatic carbocycles. The largest absolute Gasteiger partial charge is 0.465 e. The fraction of sp³-hybridized carbons (Fsp3) is 0.306. The lowest BCUT2D eigenvalue weighted by Gasteiger charge is -2.33. The SMILES string of the molecule is O=C(CC(c1ccc(F)cc1)c1ccc(F)cc1)Nc1cncc(F)c1CC[C@@H]1CN[C@@H](CN(CCNc2ccccc2)C(=O)O)CO1. The second-order valence-corrected chi connectivity index (χ2v) is 11.7. The highest BCUT2D eigenvalue weighted by atomic mass is 19.1. The number of anilines is 2. The van der Waals surface area contributed by atoms with E-state index in [0.717, 1.165) is 11.9 Å². The highest BCUT2D eigenvalue weighted by Gasteiger charge is 2.26. The fourth-order valence-electron chi connectivity index (χ4n) is 5.73. The van der Waals surface area contributed by atoms with Crippen LogP contribution in [0.2, 0.25) is 0 Å². The van der Waals surface area contributed by atoms with Gasteiger partial charge in [0.1, 0.15) is 17.5 Å². The van der Waals surface area contributed by atoms with E-state index in [4.69, 9.17) is 4.74 Å². The number of carbonyl (C=O) groups excluding carboxylic acids is 1. The molecule has 1 saturated heterocycles. The summed E-state index contributed by atoms with van der Waals surface area (Å²) >= 11 is 0. The first-order valence-corrected chi connectivity index (χ1v) is 15.8. The van der Waals surface area contributed by atoms with E-state index >= 15 is 4.39 Å². The van der Waals surface area contributed by atoms with Gasteiger partial charge >= 0.3 is 6.09 Å². The second kappa shape index (κ2) is 16.8. The highest BCUT2D eigenvalue weighted by molar-refractivity contribution is 5.92. The van der Waals surface area contributed by atoms with E-state index in [0.29, 0.717) is 37.2 Å². The highest BCUT2D eigenvalue weighted by Crippen LogP contribution is 2.30. The van der Waals surface area contributed by atoms with Gasteiger partial charge in [0.05, 0.1) is 30.8 Å². The first-order valence-electron chi connectivity index (χ1n) is 15.8. The number of para-hydroxylation sites is 1. The molecule has 5 rings (SSSR count). The van der Waals surface area contributed by atoms with Gasteiger partial charge in [-0.1, -0.05) is 42.5 Å². The van der Waals surface area contributed by atoms with Crippen LogP contribution >= 0.6 is 0 Å². The molecule has 4 aromatic rings. The number of ether oxygens (including phenoxy) is 1. The Morgan fingerprint density at radius 1 is 0.958 bits per heavy atom. The van der Waals surface area contributed by atoms with Crippen molar-refractivity contribution in [1.82, 2.24) is 15.2 Å². The maximum absolute atomic E-state index is 15.0. The van der Waals surface area contributed by atoms with Crippen molar-refractivity contribution in [2.24, 2.45) is 0 Å². The van der Waals surface area contributed by atoms with Gasteiger partial charge in [0.25, 0.3) is 0 Å². The average Bonchev–Trinajstić information content (AvgIpc) is 3.08. The lowest BCUT2D eigenvalue weighted by atomic mass is 9.88. The Labute approximate surface area is 277 Å². The third-order valence-electron chi connectivity index (χ3n) is 8.29. The second-order valence-electron chi connectivity index (χ2n) is 11.7. The van der Waals surface area contributed by atoms with Gasteiger partial charge in [0, 0.05) is 55.8 Å². The minimum atomic E-state index is -1.02. The Kier molecular flexibility index (Phi) is 12.0. The third-order valence-corrected chi connectivity index (χ3v) is 8.29. The van der Waals surface area contributed by atoms with Crippen LogP contribution in [0, 0.1) is 17.5 Å². The number of hydrogen-bond donors (Lipinski definition) is 4. The maximum atomic E-state index is 15.0. The van der Waals surface area contributed by atoms with Crippen LogP contribution in [0.25, 0.3) is 0 Å². The number of nitrogens with one attached hydrogen (secondary N) is 3. The van der Waals surface area contributed by atoms with E-state index in [9.17, 15) is 23.5 Å². The Hall–Kier alpha value is -4.94. The van der Waals surface area contributed by atoms with Crippen LogP contribution in [0.15, 0.2) is 91.3 Å². The summed E-state index contributed by atoms with van der Waals surface area (Å²) in [6, 6.07) is 20.9. The Morgan fingerprint density at radius 2 is 1.62 bits per heavy atom. The van der Waals surface area contributed by atoms with Crippen LogP contribution in [-0.4, -0.2) is 71.9 Å². The van der Waals surface area contributed by atoms with Gasteiger partial charge in [-0.05, 0) is 60.4 Å². The van der Waals surface area contributed by atoms with Crippen molar-refractivity contribution in [1.29, 1.82) is 0 Å². The molecule has 4 N–H and O–H groups in total. The first-order chi connectivity index (χ1) is 23.2. The summed E-state index contributed by atoms with van der Waals surface area (Å²) < 4.78 is 48.3. The molecule has 0 saturated carbocycles. The van der Waals surface area contributed by atoms with Crippen LogP contribution in [-0.2, 0) is 16.0 Å². The summed E-state index contributed by atoms with van der Waals surface area (Å²) in [7, 11) is 0. The van der Waals surface area contributed by atoms with Gasteiger partial charge in [-0.15, -0.1) is 0 Å². The predicted octanol–water partition coefficient (Wildman–Crippen LogP) is 6.04. The molecule has 12 heteroatoms. The number of carbonyl (C=O) groups is 2. The molecule has 0 radical (unpaired) electrons. The van der Waals surface area contributed by atoms with Gasteiger partial charge < -0.3 is 30.7 Å². The van der Waals surface area contributed by atoms with Crippen molar-refractivity contribution in [2.75, 3.05) is 43.4 Å². The van der Waals surface area contributed by atoms with E-state index in [2.05, 4.69) is 20.9 Å². The topological polar surface area (TPSA) is 116 Å². The first kappa shape index (κ1) is 34.4. The van der Waals surface area contributed by atoms with Crippen molar-refractivity contribution >= 4 is 23.4 Å². The van der Waals surface area contributed by atoms with Gasteiger partial charge in [-0.3, -0.25) is 9.78 Å². The maximum Gasteiger partial charge on any atom is 0.407 e. The molecule has 2 amide bonds. The summed E-state index contributed by atoms with van der Waals surface area (Å²) in [6.07, 6.45) is 1.86. The van der Waals surface area contributed by atoms with E-state index < -0.39 is 35.4 Å². The van der Waals surface area contributed by atoms with Gasteiger partial charge in [0.15, 0.2) is 0 Å². The molecule has 2 heterocycles. The van der Waals surface area contributed by atoms with Gasteiger partial charge in [-0.2, -0.15) is 0 Å². The molecule has 0 spiro atoms. The fourth-order valence-corrected chi connectivity index (χ4v) is 5.73. The van der Waals surface area contributed by atoms with E-state index in [1.807, 2.05) is 30.3 Å². The molecule has 2 atom stereocenters. The van der Waals surface area contributed by atoms with Crippen LogP contribution in [0.5, 0.6) is 0 Å². The van der Waals surface area contributed by atoms with Gasteiger partial charge in [0.2, 0.25) is 5.91 Å². The molecular weight excluding hydrogens is 623 g/mol. The van der Waals surface area contributed by atoms with Crippen LogP contribution < -0.4 is 16.0 Å². The summed E-state index contributed by atoms with van der Waals surface area (Å²) in [5, 5.41) is 19.0. The summed E-state index contributed by atoms with van der Waals surface area (Å²) in [4.78, 5) is 30.4. The Morgan fingerprint density at radius 3 is 2.23 bits per heavy atom. The molecule has 9 nitrogen and oxygen atoms in total. The number of morpholine rings is 1. The minimum absolute atomic E-state index is 0.0556. The summed E-state index contributed by atoms with van der Waals surface area (Å²) in [5.74, 6) is -2.31. The average molecular weight is 662 g/mol. The zero-order valence-electron chi connectivity index (χ0n) is 26.2. The lowest BCUT2D eigenvalue weighted by molar-refractivity contribution is -0.116. The molecule has 252 valence electrons. The standard InChI is InChI=1S/C36H38F3N5O4/c37-26-10-6-24(7-11-26)32(25-8-12-27(38)13-9-25)18-35(45)43-34-21-40-20-33(39)31(34)15-14-30-19-42-29(23-48-30)22-44(36(46)47)17-16-41-28-4-2-1-3-5-28/h1-13,20-21,29-30,32,41-42H,14-19,22-23H2,(H,43,45)(H,46,47)/t29-,30+/m0/s1. The van der Waals surface area contributed by atoms with E-state index in [1.165, 1.54) is 35.4 Å². The smallest absolute Gasteiger partial charge is 0.407 e. The molecule has 1 aliphatic heterocycles. The van der Waals surface area contributed by atoms with Crippen molar-refractivity contribution in [3.63, 3.8) is 0 Å². The third kappa shape index (κ3) is 9.79. The number of rotatable bonds is 14. The number of halogens is 3. The van der Waals surface area contributed by atoms with Crippen molar-refractivity contribution in [3.8, 4) is 0 Å². The number of benzene rings is 3. The van der Waals surface area contributed by atoms with Crippen LogP contribution in [0.1, 0.15) is 35.4 Å². The zero-order valence-corrected chi connectivity index (χ0v) is 26.2. The molecule has 1 aromatic heterocycles. The predicted molar refractivity (Wildman–Crippen MR) is 176 cm³/mol. The lowest BCUT2D eigenvalue weighted by Crippen LogP contribution is -2.53. The van der Waals surface area contributed by atoms with Crippen LogP contribution in [0.3, 0.4) is 0 Å². The van der Waals surface area contributed by atoms with Gasteiger partial charge in [-0.25, -0.2) is 18.0 Å². The number of nitrogens with zero attached hydrogens (tertiary/aromatic N) is 2. The molecule has 1 aliphatic rings. The monoisotopic (exact) mass is 661 g/mol. The Balaban J connectivity index is 1.14. The number of hydrogen-bond acceptors (Lipinski definition) is 6. The van der Waals surface area contributed by atoms with Crippen LogP contribution in [0.4, 0.5) is 29.3 Å². The van der Waals surface area contributed by atoms with Crippen molar-refractivity contribution in [2.45, 2.75) is 37.3 Å². The Bertz CT molecular complexity index is 1590. The summed E-state index contributed by atoms with van der Waals surface area (Å²) in [6.45, 7) is 1.76.